The highest BCUT2D eigenvalue weighted by Crippen LogP contribution is 2.26. The van der Waals surface area contributed by atoms with E-state index in [2.05, 4.69) is 70.1 Å². The highest BCUT2D eigenvalue weighted by molar-refractivity contribution is 5.80. The maximum atomic E-state index is 4.96. The van der Waals surface area contributed by atoms with Crippen LogP contribution < -0.4 is 10.6 Å². The van der Waals surface area contributed by atoms with Gasteiger partial charge < -0.3 is 15.2 Å². The molecule has 0 aliphatic carbocycles. The molecule has 1 saturated heterocycles. The van der Waals surface area contributed by atoms with Crippen LogP contribution in [0.1, 0.15) is 26.5 Å². The van der Waals surface area contributed by atoms with Crippen LogP contribution in [0.5, 0.6) is 0 Å². The van der Waals surface area contributed by atoms with Gasteiger partial charge in [0, 0.05) is 50.4 Å². The van der Waals surface area contributed by atoms with Crippen molar-refractivity contribution in [3.63, 3.8) is 0 Å². The molecule has 0 bridgehead atoms. The van der Waals surface area contributed by atoms with Crippen molar-refractivity contribution >= 4 is 17.1 Å². The zero-order valence-corrected chi connectivity index (χ0v) is 17.9. The molecule has 2 aromatic heterocycles. The molecule has 1 aromatic carbocycles. The van der Waals surface area contributed by atoms with Crippen LogP contribution in [-0.2, 0) is 6.54 Å². The van der Waals surface area contributed by atoms with E-state index in [1.807, 2.05) is 13.0 Å². The van der Waals surface area contributed by atoms with Gasteiger partial charge in [-0.05, 0) is 27.7 Å². The Kier molecular flexibility index (Phi) is 5.52. The normalized spacial score (nSPS) is 15.7. The lowest BCUT2D eigenvalue weighted by molar-refractivity contribution is 0.233. The first-order valence-electron chi connectivity index (χ1n) is 10.4. The summed E-state index contributed by atoms with van der Waals surface area (Å²) in [5.74, 6) is 1.62. The number of aromatic nitrogens is 4. The number of hydrogen-bond donors (Lipinski definition) is 2. The zero-order chi connectivity index (χ0) is 20.4. The van der Waals surface area contributed by atoms with E-state index in [1.54, 1.807) is 0 Å². The highest BCUT2D eigenvalue weighted by Gasteiger charge is 2.20. The highest BCUT2D eigenvalue weighted by atomic mass is 15.2. The molecule has 4 rings (SSSR count). The van der Waals surface area contributed by atoms with Crippen molar-refractivity contribution in [2.24, 2.45) is 0 Å². The molecule has 0 saturated carbocycles. The predicted molar refractivity (Wildman–Crippen MR) is 118 cm³/mol. The number of rotatable bonds is 5. The number of hydrogen-bond acceptors (Lipinski definition) is 6. The van der Waals surface area contributed by atoms with Crippen molar-refractivity contribution in [2.45, 2.75) is 39.8 Å². The summed E-state index contributed by atoms with van der Waals surface area (Å²) in [5.41, 5.74) is 3.69. The van der Waals surface area contributed by atoms with Gasteiger partial charge in [-0.3, -0.25) is 4.90 Å². The summed E-state index contributed by atoms with van der Waals surface area (Å²) in [6.45, 7) is 14.5. The second-order valence-electron chi connectivity index (χ2n) is 8.72. The molecule has 0 atom stereocenters. The van der Waals surface area contributed by atoms with Gasteiger partial charge in [-0.15, -0.1) is 0 Å². The van der Waals surface area contributed by atoms with Gasteiger partial charge in [-0.25, -0.2) is 9.97 Å². The molecule has 7 heteroatoms. The number of benzene rings is 1. The molecule has 154 valence electrons. The van der Waals surface area contributed by atoms with Crippen LogP contribution in [-0.4, -0.2) is 62.7 Å². The number of imidazole rings is 1. The molecular weight excluding hydrogens is 362 g/mol. The Balaban J connectivity index is 1.76. The summed E-state index contributed by atoms with van der Waals surface area (Å²) in [5, 5.41) is 6.84. The third-order valence-electron chi connectivity index (χ3n) is 5.14. The smallest absolute Gasteiger partial charge is 0.225 e. The van der Waals surface area contributed by atoms with E-state index in [0.717, 1.165) is 67.5 Å². The molecule has 3 aromatic rings. The number of anilines is 1. The average Bonchev–Trinajstić information content (AvgIpc) is 3.05. The average molecular weight is 394 g/mol. The number of fused-ring (bicyclic) bond motifs is 1. The van der Waals surface area contributed by atoms with Crippen LogP contribution >= 0.6 is 0 Å². The lowest BCUT2D eigenvalue weighted by Gasteiger charge is -2.27. The van der Waals surface area contributed by atoms with E-state index >= 15 is 0 Å². The lowest BCUT2D eigenvalue weighted by Crippen LogP contribution is -2.44. The Labute approximate surface area is 172 Å². The first kappa shape index (κ1) is 19.8. The van der Waals surface area contributed by atoms with E-state index in [9.17, 15) is 0 Å². The van der Waals surface area contributed by atoms with Crippen molar-refractivity contribution < 1.29 is 0 Å². The molecule has 29 heavy (non-hydrogen) atoms. The van der Waals surface area contributed by atoms with Crippen LogP contribution in [0.2, 0.25) is 0 Å². The third kappa shape index (κ3) is 4.57. The third-order valence-corrected chi connectivity index (χ3v) is 5.14. The molecule has 0 amide bonds. The van der Waals surface area contributed by atoms with Crippen LogP contribution in [0.15, 0.2) is 30.3 Å². The molecule has 3 heterocycles. The topological polar surface area (TPSA) is 70.9 Å². The van der Waals surface area contributed by atoms with Crippen LogP contribution in [0, 0.1) is 6.92 Å². The molecule has 1 aliphatic rings. The second-order valence-corrected chi connectivity index (χ2v) is 8.72. The van der Waals surface area contributed by atoms with Gasteiger partial charge in [0.2, 0.25) is 5.95 Å². The van der Waals surface area contributed by atoms with Gasteiger partial charge in [0.1, 0.15) is 11.3 Å². The summed E-state index contributed by atoms with van der Waals surface area (Å²) < 4.78 is 2.26. The van der Waals surface area contributed by atoms with E-state index < -0.39 is 0 Å². The van der Waals surface area contributed by atoms with Crippen LogP contribution in [0.25, 0.3) is 22.6 Å². The van der Waals surface area contributed by atoms with Gasteiger partial charge in [-0.2, -0.15) is 4.98 Å². The molecule has 1 fully saturated rings. The number of nitrogens with zero attached hydrogens (tertiary/aromatic N) is 5. The summed E-state index contributed by atoms with van der Waals surface area (Å²) in [7, 11) is 0. The predicted octanol–water partition coefficient (Wildman–Crippen LogP) is 2.92. The molecular formula is C22H31N7. The van der Waals surface area contributed by atoms with Gasteiger partial charge in [0.25, 0.3) is 0 Å². The van der Waals surface area contributed by atoms with Crippen molar-refractivity contribution in [2.75, 3.05) is 38.0 Å². The first-order valence-corrected chi connectivity index (χ1v) is 10.4. The molecule has 0 radical (unpaired) electrons. The molecule has 7 nitrogen and oxygen atoms in total. The number of nitrogens with one attached hydrogen (secondary N) is 2. The Hall–Kier alpha value is -2.51. The standard InChI is InChI=1S/C22H31N7/c1-16-18-20(26-21(24-16)27-22(2,3)4)29(15-14-28-12-10-23-11-13-28)19(25-18)17-8-6-5-7-9-17/h5-9,23H,10-15H2,1-4H3,(H,24,26,27). The van der Waals surface area contributed by atoms with E-state index in [4.69, 9.17) is 9.97 Å². The minimum absolute atomic E-state index is 0.103. The molecule has 2 N–H and O–H groups in total. The van der Waals surface area contributed by atoms with Gasteiger partial charge in [-0.1, -0.05) is 30.3 Å². The zero-order valence-electron chi connectivity index (χ0n) is 17.9. The van der Waals surface area contributed by atoms with Crippen LogP contribution in [0.3, 0.4) is 0 Å². The van der Waals surface area contributed by atoms with Gasteiger partial charge in [0.05, 0.1) is 5.69 Å². The fourth-order valence-electron chi connectivity index (χ4n) is 3.72. The fraction of sp³-hybridized carbons (Fsp3) is 0.500. The van der Waals surface area contributed by atoms with Gasteiger partial charge in [0.15, 0.2) is 5.65 Å². The largest absolute Gasteiger partial charge is 0.350 e. The summed E-state index contributed by atoms with van der Waals surface area (Å²) in [6, 6.07) is 10.4. The van der Waals surface area contributed by atoms with E-state index in [-0.39, 0.29) is 5.54 Å². The Bertz CT molecular complexity index is 966. The second kappa shape index (κ2) is 8.08. The maximum absolute atomic E-state index is 4.96. The SMILES string of the molecule is Cc1nc(NC(C)(C)C)nc2c1nc(-c1ccccc1)n2CCN1CCNCC1. The monoisotopic (exact) mass is 393 g/mol. The Morgan fingerprint density at radius 2 is 1.72 bits per heavy atom. The first-order chi connectivity index (χ1) is 13.9. The number of piperazine rings is 1. The van der Waals surface area contributed by atoms with Crippen LogP contribution in [0.4, 0.5) is 5.95 Å². The van der Waals surface area contributed by atoms with Gasteiger partial charge >= 0.3 is 0 Å². The number of aryl methyl sites for hydroxylation is 1. The fourth-order valence-corrected chi connectivity index (χ4v) is 3.72. The summed E-state index contributed by atoms with van der Waals surface area (Å²) >= 11 is 0. The Morgan fingerprint density at radius 1 is 1.00 bits per heavy atom. The Morgan fingerprint density at radius 3 is 2.41 bits per heavy atom. The molecule has 1 aliphatic heterocycles. The van der Waals surface area contributed by atoms with Crippen molar-refractivity contribution in [3.8, 4) is 11.4 Å². The molecule has 0 spiro atoms. The van der Waals surface area contributed by atoms with Crippen molar-refractivity contribution in [1.29, 1.82) is 0 Å². The lowest BCUT2D eigenvalue weighted by atomic mass is 10.1. The summed E-state index contributed by atoms with van der Waals surface area (Å²) in [4.78, 5) is 17.0. The minimum atomic E-state index is -0.103. The minimum Gasteiger partial charge on any atom is -0.350 e. The van der Waals surface area contributed by atoms with E-state index in [1.165, 1.54) is 0 Å². The summed E-state index contributed by atoms with van der Waals surface area (Å²) in [6.07, 6.45) is 0. The van der Waals surface area contributed by atoms with Crippen molar-refractivity contribution in [1.82, 2.24) is 29.7 Å². The molecule has 0 unspecified atom stereocenters. The quantitative estimate of drug-likeness (QED) is 0.695. The van der Waals surface area contributed by atoms with E-state index in [0.29, 0.717) is 5.95 Å². The maximum Gasteiger partial charge on any atom is 0.225 e. The van der Waals surface area contributed by atoms with Crippen molar-refractivity contribution in [3.05, 3.63) is 36.0 Å².